The third-order valence-corrected chi connectivity index (χ3v) is 3.08. The molecule has 4 heteroatoms. The van der Waals surface area contributed by atoms with Crippen molar-refractivity contribution in [3.63, 3.8) is 0 Å². The summed E-state index contributed by atoms with van der Waals surface area (Å²) in [7, 11) is 0. The van der Waals surface area contributed by atoms with E-state index in [9.17, 15) is 4.39 Å². The molecule has 1 aliphatic rings. The highest BCUT2D eigenvalue weighted by Crippen LogP contribution is 2.18. The van der Waals surface area contributed by atoms with Crippen molar-refractivity contribution in [1.29, 1.82) is 0 Å². The highest BCUT2D eigenvalue weighted by Gasteiger charge is 2.14. The minimum absolute atomic E-state index is 0.301. The second-order valence-corrected chi connectivity index (χ2v) is 4.72. The average Bonchev–Trinajstić information content (AvgIpc) is 2.86. The van der Waals surface area contributed by atoms with Crippen molar-refractivity contribution in [3.8, 4) is 5.75 Å². The van der Waals surface area contributed by atoms with Crippen LogP contribution in [0.15, 0.2) is 18.2 Å². The molecule has 1 saturated heterocycles. The minimum Gasteiger partial charge on any atom is -0.489 e. The maximum absolute atomic E-state index is 13.4. The molecule has 2 rings (SSSR count). The predicted octanol–water partition coefficient (Wildman–Crippen LogP) is 2.14. The Bertz CT molecular complexity index is 378. The number of nitrogens with one attached hydrogen (secondary N) is 1. The zero-order chi connectivity index (χ0) is 12.8. The van der Waals surface area contributed by atoms with E-state index >= 15 is 0 Å². The number of halogens is 1. The Kier molecular flexibility index (Phi) is 4.96. The number of rotatable bonds is 6. The maximum Gasteiger partial charge on any atom is 0.165 e. The number of benzene rings is 1. The summed E-state index contributed by atoms with van der Waals surface area (Å²) >= 11 is 0. The number of hydrogen-bond donors (Lipinski definition) is 1. The monoisotopic (exact) mass is 253 g/mol. The lowest BCUT2D eigenvalue weighted by Gasteiger charge is -2.11. The Balaban J connectivity index is 1.64. The van der Waals surface area contributed by atoms with Gasteiger partial charge in [-0.2, -0.15) is 0 Å². The fourth-order valence-electron chi connectivity index (χ4n) is 2.00. The molecule has 0 bridgehead atoms. The van der Waals surface area contributed by atoms with Crippen LogP contribution in [0.5, 0.6) is 5.75 Å². The van der Waals surface area contributed by atoms with E-state index in [1.807, 2.05) is 6.92 Å². The molecule has 0 saturated carbocycles. The van der Waals surface area contributed by atoms with Crippen LogP contribution in [0.25, 0.3) is 0 Å². The molecule has 1 atom stereocenters. The van der Waals surface area contributed by atoms with Crippen molar-refractivity contribution in [2.45, 2.75) is 13.3 Å². The van der Waals surface area contributed by atoms with E-state index < -0.39 is 0 Å². The van der Waals surface area contributed by atoms with Crippen LogP contribution >= 0.6 is 0 Å². The molecule has 1 aromatic carbocycles. The van der Waals surface area contributed by atoms with Crippen LogP contribution in [-0.4, -0.2) is 32.9 Å². The molecule has 1 aromatic rings. The summed E-state index contributed by atoms with van der Waals surface area (Å²) in [6.07, 6.45) is 1.13. The summed E-state index contributed by atoms with van der Waals surface area (Å²) in [6.45, 7) is 5.79. The van der Waals surface area contributed by atoms with Crippen molar-refractivity contribution < 1.29 is 13.9 Å². The quantitative estimate of drug-likeness (QED) is 0.788. The van der Waals surface area contributed by atoms with E-state index in [2.05, 4.69) is 5.32 Å². The van der Waals surface area contributed by atoms with Gasteiger partial charge in [0.25, 0.3) is 0 Å². The smallest absolute Gasteiger partial charge is 0.165 e. The molecule has 1 aliphatic heterocycles. The van der Waals surface area contributed by atoms with Gasteiger partial charge < -0.3 is 14.8 Å². The molecule has 0 radical (unpaired) electrons. The van der Waals surface area contributed by atoms with E-state index in [-0.39, 0.29) is 5.82 Å². The van der Waals surface area contributed by atoms with Gasteiger partial charge in [0.05, 0.1) is 6.61 Å². The van der Waals surface area contributed by atoms with Gasteiger partial charge in [-0.1, -0.05) is 6.07 Å². The number of aryl methyl sites for hydroxylation is 1. The topological polar surface area (TPSA) is 30.5 Å². The van der Waals surface area contributed by atoms with Crippen LogP contribution in [0, 0.1) is 18.7 Å². The molecule has 1 fully saturated rings. The first-order chi connectivity index (χ1) is 8.75. The lowest BCUT2D eigenvalue weighted by Crippen LogP contribution is -2.27. The van der Waals surface area contributed by atoms with E-state index in [0.717, 1.165) is 38.3 Å². The first-order valence-corrected chi connectivity index (χ1v) is 6.43. The lowest BCUT2D eigenvalue weighted by atomic mass is 10.1. The summed E-state index contributed by atoms with van der Waals surface area (Å²) in [4.78, 5) is 0. The first kappa shape index (κ1) is 13.3. The Morgan fingerprint density at radius 1 is 1.50 bits per heavy atom. The highest BCUT2D eigenvalue weighted by molar-refractivity contribution is 5.29. The second kappa shape index (κ2) is 6.71. The lowest BCUT2D eigenvalue weighted by molar-refractivity contribution is 0.184. The fraction of sp³-hybridized carbons (Fsp3) is 0.571. The first-order valence-electron chi connectivity index (χ1n) is 6.43. The standard InChI is InChI=1S/C14H20FNO2/c1-11-2-3-13(15)14(8-11)18-7-5-16-9-12-4-6-17-10-12/h2-3,8,12,16H,4-7,9-10H2,1H3. The Hall–Kier alpha value is -1.13. The van der Waals surface area contributed by atoms with E-state index in [0.29, 0.717) is 18.3 Å². The third-order valence-electron chi connectivity index (χ3n) is 3.08. The molecular weight excluding hydrogens is 233 g/mol. The van der Waals surface area contributed by atoms with Gasteiger partial charge in [0.15, 0.2) is 11.6 Å². The van der Waals surface area contributed by atoms with Gasteiger partial charge in [-0.3, -0.25) is 0 Å². The highest BCUT2D eigenvalue weighted by atomic mass is 19.1. The van der Waals surface area contributed by atoms with Gasteiger partial charge in [-0.15, -0.1) is 0 Å². The summed E-state index contributed by atoms with van der Waals surface area (Å²) in [5.74, 6) is 0.645. The van der Waals surface area contributed by atoms with Gasteiger partial charge in [0.1, 0.15) is 6.61 Å². The van der Waals surface area contributed by atoms with E-state index in [4.69, 9.17) is 9.47 Å². The fourth-order valence-corrected chi connectivity index (χ4v) is 2.00. The molecule has 100 valence electrons. The Labute approximate surface area is 107 Å². The second-order valence-electron chi connectivity index (χ2n) is 4.72. The van der Waals surface area contributed by atoms with Crippen molar-refractivity contribution >= 4 is 0 Å². The van der Waals surface area contributed by atoms with Crippen LogP contribution in [0.1, 0.15) is 12.0 Å². The van der Waals surface area contributed by atoms with Crippen LogP contribution in [0.3, 0.4) is 0 Å². The maximum atomic E-state index is 13.4. The van der Waals surface area contributed by atoms with Crippen molar-refractivity contribution in [2.75, 3.05) is 32.9 Å². The third kappa shape index (κ3) is 3.96. The summed E-state index contributed by atoms with van der Waals surface area (Å²) in [5.41, 5.74) is 1.00. The molecule has 0 aliphatic carbocycles. The van der Waals surface area contributed by atoms with Crippen LogP contribution in [0.4, 0.5) is 4.39 Å². The molecular formula is C14H20FNO2. The van der Waals surface area contributed by atoms with Gasteiger partial charge in [0, 0.05) is 19.7 Å². The van der Waals surface area contributed by atoms with Crippen LogP contribution < -0.4 is 10.1 Å². The average molecular weight is 253 g/mol. The number of hydrogen-bond acceptors (Lipinski definition) is 3. The molecule has 0 aromatic heterocycles. The van der Waals surface area contributed by atoms with Gasteiger partial charge in [0.2, 0.25) is 0 Å². The van der Waals surface area contributed by atoms with Crippen LogP contribution in [-0.2, 0) is 4.74 Å². The van der Waals surface area contributed by atoms with Gasteiger partial charge in [-0.05, 0) is 37.0 Å². The molecule has 1 heterocycles. The van der Waals surface area contributed by atoms with Crippen molar-refractivity contribution in [3.05, 3.63) is 29.6 Å². The normalized spacial score (nSPS) is 19.1. The summed E-state index contributed by atoms with van der Waals surface area (Å²) < 4.78 is 24.1. The zero-order valence-electron chi connectivity index (χ0n) is 10.7. The number of ether oxygens (including phenoxy) is 2. The van der Waals surface area contributed by atoms with Crippen molar-refractivity contribution in [1.82, 2.24) is 5.32 Å². The Morgan fingerprint density at radius 3 is 3.17 bits per heavy atom. The SMILES string of the molecule is Cc1ccc(F)c(OCCNCC2CCOC2)c1. The molecule has 0 amide bonds. The van der Waals surface area contributed by atoms with Gasteiger partial charge >= 0.3 is 0 Å². The minimum atomic E-state index is -0.301. The van der Waals surface area contributed by atoms with E-state index in [1.165, 1.54) is 6.07 Å². The largest absolute Gasteiger partial charge is 0.489 e. The van der Waals surface area contributed by atoms with E-state index in [1.54, 1.807) is 12.1 Å². The predicted molar refractivity (Wildman–Crippen MR) is 68.4 cm³/mol. The Morgan fingerprint density at radius 2 is 2.39 bits per heavy atom. The summed E-state index contributed by atoms with van der Waals surface area (Å²) in [6, 6.07) is 4.90. The molecule has 3 nitrogen and oxygen atoms in total. The van der Waals surface area contributed by atoms with Gasteiger partial charge in [-0.25, -0.2) is 4.39 Å². The molecule has 18 heavy (non-hydrogen) atoms. The molecule has 0 spiro atoms. The van der Waals surface area contributed by atoms with Crippen molar-refractivity contribution in [2.24, 2.45) is 5.92 Å². The molecule has 1 N–H and O–H groups in total. The molecule has 1 unspecified atom stereocenters. The summed E-state index contributed by atoms with van der Waals surface area (Å²) in [5, 5.41) is 3.30. The van der Waals surface area contributed by atoms with Crippen LogP contribution in [0.2, 0.25) is 0 Å². The zero-order valence-corrected chi connectivity index (χ0v) is 10.7.